The van der Waals surface area contributed by atoms with Crippen LogP contribution in [0.1, 0.15) is 12.0 Å². The van der Waals surface area contributed by atoms with Gasteiger partial charge in [0.2, 0.25) is 0 Å². The van der Waals surface area contributed by atoms with Crippen LogP contribution in [-0.4, -0.2) is 56.6 Å². The predicted octanol–water partition coefficient (Wildman–Crippen LogP) is 2.39. The minimum absolute atomic E-state index is 0.0523. The molecule has 1 aliphatic heterocycles. The van der Waals surface area contributed by atoms with Crippen LogP contribution in [0.15, 0.2) is 24.3 Å². The van der Waals surface area contributed by atoms with E-state index >= 15 is 0 Å². The Labute approximate surface area is 138 Å². The minimum Gasteiger partial charge on any atom is -0.484 e. The molecule has 2 rings (SSSR count). The molecule has 0 aromatic heterocycles. The van der Waals surface area contributed by atoms with Crippen LogP contribution >= 0.6 is 0 Å². The molecule has 2 atom stereocenters. The maximum Gasteiger partial charge on any atom is 0.422 e. The van der Waals surface area contributed by atoms with Gasteiger partial charge in [-0.05, 0) is 17.7 Å². The Hall–Kier alpha value is -1.80. The van der Waals surface area contributed by atoms with Crippen LogP contribution in [-0.2, 0) is 20.8 Å². The van der Waals surface area contributed by atoms with E-state index in [2.05, 4.69) is 4.74 Å². The second kappa shape index (κ2) is 7.85. The Morgan fingerprint density at radius 1 is 1.25 bits per heavy atom. The molecule has 1 fully saturated rings. The van der Waals surface area contributed by atoms with Crippen molar-refractivity contribution in [2.24, 2.45) is 0 Å². The summed E-state index contributed by atoms with van der Waals surface area (Å²) < 4.78 is 51.2. The fraction of sp³-hybridized carbons (Fsp3) is 0.562. The van der Waals surface area contributed by atoms with Gasteiger partial charge in [-0.2, -0.15) is 13.2 Å². The fourth-order valence-corrected chi connectivity index (χ4v) is 2.68. The van der Waals surface area contributed by atoms with Crippen LogP contribution in [0.4, 0.5) is 13.2 Å². The Morgan fingerprint density at radius 3 is 2.46 bits per heavy atom. The van der Waals surface area contributed by atoms with E-state index < -0.39 is 12.8 Å². The Kier molecular flexibility index (Phi) is 6.06. The number of alkyl halides is 3. The normalized spacial score (nSPS) is 21.7. The maximum atomic E-state index is 12.1. The number of methoxy groups -OCH3 is 2. The molecule has 1 aromatic rings. The van der Waals surface area contributed by atoms with Crippen molar-refractivity contribution in [2.45, 2.75) is 31.3 Å². The fourth-order valence-electron chi connectivity index (χ4n) is 2.68. The molecule has 0 bridgehead atoms. The molecule has 5 nitrogen and oxygen atoms in total. The van der Waals surface area contributed by atoms with E-state index in [4.69, 9.17) is 9.47 Å². The molecule has 1 saturated heterocycles. The number of likely N-dealkylation sites (tertiary alicyclic amines) is 1. The summed E-state index contributed by atoms with van der Waals surface area (Å²) in [4.78, 5) is 13.8. The van der Waals surface area contributed by atoms with Crippen molar-refractivity contribution in [1.29, 1.82) is 0 Å². The molecule has 134 valence electrons. The monoisotopic (exact) mass is 347 g/mol. The molecular weight excluding hydrogens is 327 g/mol. The SMILES string of the molecule is COC(=O)[C@@H]1C[C@@H](OC)CN1Cc1ccc(OCC(F)(F)F)cc1. The van der Waals surface area contributed by atoms with Crippen molar-refractivity contribution in [3.63, 3.8) is 0 Å². The number of halogens is 3. The number of esters is 1. The van der Waals surface area contributed by atoms with E-state index in [1.54, 1.807) is 19.2 Å². The molecular formula is C16H20F3NO4. The average molecular weight is 347 g/mol. The first-order chi connectivity index (χ1) is 11.3. The second-order valence-corrected chi connectivity index (χ2v) is 5.61. The van der Waals surface area contributed by atoms with E-state index in [-0.39, 0.29) is 23.9 Å². The van der Waals surface area contributed by atoms with Crippen LogP contribution in [0.2, 0.25) is 0 Å². The lowest BCUT2D eigenvalue weighted by molar-refractivity contribution is -0.153. The van der Waals surface area contributed by atoms with Gasteiger partial charge in [0.05, 0.1) is 13.2 Å². The number of benzene rings is 1. The number of rotatable bonds is 6. The largest absolute Gasteiger partial charge is 0.484 e. The zero-order valence-electron chi connectivity index (χ0n) is 13.5. The van der Waals surface area contributed by atoms with Gasteiger partial charge in [0.1, 0.15) is 11.8 Å². The number of hydrogen-bond donors (Lipinski definition) is 0. The van der Waals surface area contributed by atoms with Crippen molar-refractivity contribution in [1.82, 2.24) is 4.90 Å². The van der Waals surface area contributed by atoms with Gasteiger partial charge >= 0.3 is 12.1 Å². The molecule has 0 radical (unpaired) electrons. The molecule has 0 amide bonds. The Bertz CT molecular complexity index is 547. The number of hydrogen-bond acceptors (Lipinski definition) is 5. The van der Waals surface area contributed by atoms with Crippen LogP contribution in [0.3, 0.4) is 0 Å². The topological polar surface area (TPSA) is 48.0 Å². The van der Waals surface area contributed by atoms with Crippen LogP contribution in [0.25, 0.3) is 0 Å². The first kappa shape index (κ1) is 18.5. The minimum atomic E-state index is -4.36. The van der Waals surface area contributed by atoms with E-state index in [1.165, 1.54) is 19.2 Å². The Balaban J connectivity index is 1.97. The number of carbonyl (C=O) groups is 1. The molecule has 0 aliphatic carbocycles. The van der Waals surface area contributed by atoms with Crippen molar-refractivity contribution in [3.8, 4) is 5.75 Å². The van der Waals surface area contributed by atoms with Crippen molar-refractivity contribution in [2.75, 3.05) is 27.4 Å². The second-order valence-electron chi connectivity index (χ2n) is 5.61. The highest BCUT2D eigenvalue weighted by Gasteiger charge is 2.37. The summed E-state index contributed by atoms with van der Waals surface area (Å²) in [7, 11) is 2.93. The van der Waals surface area contributed by atoms with E-state index in [0.29, 0.717) is 19.5 Å². The number of nitrogens with zero attached hydrogens (tertiary/aromatic N) is 1. The summed E-state index contributed by atoms with van der Waals surface area (Å²) in [6.45, 7) is -0.264. The zero-order chi connectivity index (χ0) is 17.7. The lowest BCUT2D eigenvalue weighted by atomic mass is 10.1. The van der Waals surface area contributed by atoms with Gasteiger partial charge in [-0.3, -0.25) is 9.69 Å². The van der Waals surface area contributed by atoms with Crippen LogP contribution < -0.4 is 4.74 Å². The third-order valence-corrected chi connectivity index (χ3v) is 3.88. The quantitative estimate of drug-likeness (QED) is 0.740. The van der Waals surface area contributed by atoms with Crippen LogP contribution in [0.5, 0.6) is 5.75 Å². The number of carbonyl (C=O) groups excluding carboxylic acids is 1. The van der Waals surface area contributed by atoms with Gasteiger partial charge in [0.25, 0.3) is 0 Å². The van der Waals surface area contributed by atoms with Gasteiger partial charge in [-0.25, -0.2) is 0 Å². The van der Waals surface area contributed by atoms with Crippen molar-refractivity contribution in [3.05, 3.63) is 29.8 Å². The highest BCUT2D eigenvalue weighted by Crippen LogP contribution is 2.24. The highest BCUT2D eigenvalue weighted by molar-refractivity contribution is 5.76. The van der Waals surface area contributed by atoms with Crippen molar-refractivity contribution < 1.29 is 32.2 Å². The first-order valence-electron chi connectivity index (χ1n) is 7.45. The lowest BCUT2D eigenvalue weighted by Gasteiger charge is -2.22. The smallest absolute Gasteiger partial charge is 0.422 e. The Morgan fingerprint density at radius 2 is 1.92 bits per heavy atom. The van der Waals surface area contributed by atoms with Gasteiger partial charge in [-0.1, -0.05) is 12.1 Å². The summed E-state index contributed by atoms with van der Waals surface area (Å²) in [5.74, 6) is -0.170. The summed E-state index contributed by atoms with van der Waals surface area (Å²) in [5, 5.41) is 0. The molecule has 1 heterocycles. The average Bonchev–Trinajstić information content (AvgIpc) is 2.96. The number of ether oxygens (including phenoxy) is 3. The van der Waals surface area contributed by atoms with Gasteiger partial charge < -0.3 is 14.2 Å². The molecule has 0 N–H and O–H groups in total. The molecule has 8 heteroatoms. The van der Waals surface area contributed by atoms with E-state index in [1.807, 2.05) is 4.90 Å². The molecule has 0 spiro atoms. The third-order valence-electron chi connectivity index (χ3n) is 3.88. The molecule has 1 aliphatic rings. The maximum absolute atomic E-state index is 12.1. The van der Waals surface area contributed by atoms with Gasteiger partial charge in [0, 0.05) is 26.6 Å². The molecule has 1 aromatic carbocycles. The van der Waals surface area contributed by atoms with Crippen LogP contribution in [0, 0.1) is 0 Å². The highest BCUT2D eigenvalue weighted by atomic mass is 19.4. The van der Waals surface area contributed by atoms with E-state index in [0.717, 1.165) is 5.56 Å². The molecule has 0 saturated carbocycles. The van der Waals surface area contributed by atoms with Gasteiger partial charge in [0.15, 0.2) is 6.61 Å². The standard InChI is InChI=1S/C16H20F3NO4/c1-22-13-7-14(15(21)23-2)20(9-13)8-11-3-5-12(6-4-11)24-10-16(17,18)19/h3-6,13-14H,7-10H2,1-2H3/t13-,14+/m1/s1. The summed E-state index contributed by atoms with van der Waals surface area (Å²) in [5.41, 5.74) is 0.861. The summed E-state index contributed by atoms with van der Waals surface area (Å²) >= 11 is 0. The molecule has 0 unspecified atom stereocenters. The molecule has 24 heavy (non-hydrogen) atoms. The van der Waals surface area contributed by atoms with Gasteiger partial charge in [-0.15, -0.1) is 0 Å². The lowest BCUT2D eigenvalue weighted by Crippen LogP contribution is -2.36. The predicted molar refractivity (Wildman–Crippen MR) is 79.6 cm³/mol. The van der Waals surface area contributed by atoms with E-state index in [9.17, 15) is 18.0 Å². The zero-order valence-corrected chi connectivity index (χ0v) is 13.5. The summed E-state index contributed by atoms with van der Waals surface area (Å²) in [6, 6.07) is 5.94. The summed E-state index contributed by atoms with van der Waals surface area (Å²) in [6.07, 6.45) is -3.86. The third kappa shape index (κ3) is 5.10. The first-order valence-corrected chi connectivity index (χ1v) is 7.45. The van der Waals surface area contributed by atoms with Crippen molar-refractivity contribution >= 4 is 5.97 Å².